The first kappa shape index (κ1) is 18.4. The van der Waals surface area contributed by atoms with Crippen LogP contribution < -0.4 is 4.74 Å². The zero-order valence-corrected chi connectivity index (χ0v) is 13.9. The van der Waals surface area contributed by atoms with Gasteiger partial charge in [-0.3, -0.25) is 8.98 Å². The molecule has 7 heteroatoms. The summed E-state index contributed by atoms with van der Waals surface area (Å²) < 4.78 is 36.8. The molecule has 0 aromatic heterocycles. The molecule has 0 amide bonds. The summed E-state index contributed by atoms with van der Waals surface area (Å²) in [6, 6.07) is 7.40. The maximum atomic E-state index is 11.1. The number of rotatable bonds is 9. The third-order valence-electron chi connectivity index (χ3n) is 2.90. The van der Waals surface area contributed by atoms with Gasteiger partial charge in [0.2, 0.25) is 0 Å². The Labute approximate surface area is 131 Å². The lowest BCUT2D eigenvalue weighted by atomic mass is 10.1. The van der Waals surface area contributed by atoms with Crippen LogP contribution in [0.2, 0.25) is 0 Å². The van der Waals surface area contributed by atoms with E-state index >= 15 is 0 Å². The lowest BCUT2D eigenvalue weighted by Gasteiger charge is -2.12. The molecule has 0 aliphatic carbocycles. The van der Waals surface area contributed by atoms with Crippen molar-refractivity contribution in [3.05, 3.63) is 29.8 Å². The van der Waals surface area contributed by atoms with E-state index < -0.39 is 16.2 Å². The molecule has 1 aromatic rings. The Hall–Kier alpha value is -1.60. The van der Waals surface area contributed by atoms with E-state index in [9.17, 15) is 13.2 Å². The molecule has 0 fully saturated rings. The van der Waals surface area contributed by atoms with E-state index in [-0.39, 0.29) is 5.97 Å². The van der Waals surface area contributed by atoms with Crippen LogP contribution in [0.3, 0.4) is 0 Å². The van der Waals surface area contributed by atoms with Crippen molar-refractivity contribution in [2.45, 2.75) is 32.3 Å². The largest absolute Gasteiger partial charge is 0.493 e. The second-order valence-electron chi connectivity index (χ2n) is 4.97. The Morgan fingerprint density at radius 1 is 1.23 bits per heavy atom. The average Bonchev–Trinajstić information content (AvgIpc) is 2.44. The van der Waals surface area contributed by atoms with Crippen molar-refractivity contribution in [1.29, 1.82) is 0 Å². The van der Waals surface area contributed by atoms with Gasteiger partial charge in [0.15, 0.2) is 0 Å². The minimum Gasteiger partial charge on any atom is -0.493 e. The summed E-state index contributed by atoms with van der Waals surface area (Å²) in [5, 5.41) is 0. The summed E-state index contributed by atoms with van der Waals surface area (Å²) in [7, 11) is -2.06. The smallest absolute Gasteiger partial charge is 0.305 e. The molecule has 0 saturated carbocycles. The first-order chi connectivity index (χ1) is 10.3. The van der Waals surface area contributed by atoms with E-state index in [1.807, 2.05) is 24.3 Å². The van der Waals surface area contributed by atoms with Crippen molar-refractivity contribution in [2.24, 2.45) is 0 Å². The predicted octanol–water partition coefficient (Wildman–Crippen LogP) is 1.93. The van der Waals surface area contributed by atoms with Crippen LogP contribution in [-0.4, -0.2) is 40.5 Å². The highest BCUT2D eigenvalue weighted by molar-refractivity contribution is 7.86. The van der Waals surface area contributed by atoms with Gasteiger partial charge in [-0.2, -0.15) is 8.42 Å². The van der Waals surface area contributed by atoms with Gasteiger partial charge in [0.1, 0.15) is 5.75 Å². The van der Waals surface area contributed by atoms with Crippen LogP contribution in [-0.2, 0) is 30.3 Å². The molecule has 0 radical (unpaired) electrons. The Morgan fingerprint density at radius 2 is 1.86 bits per heavy atom. The second-order valence-corrected chi connectivity index (χ2v) is 6.57. The first-order valence-corrected chi connectivity index (χ1v) is 8.78. The number of methoxy groups -OCH3 is 1. The van der Waals surface area contributed by atoms with Crippen LogP contribution in [0.5, 0.6) is 5.75 Å². The molecular formula is C15H22O6S. The Balaban J connectivity index is 2.34. The van der Waals surface area contributed by atoms with E-state index in [2.05, 4.69) is 4.74 Å². The maximum absolute atomic E-state index is 11.1. The average molecular weight is 330 g/mol. The molecule has 1 unspecified atom stereocenters. The molecule has 124 valence electrons. The minimum atomic E-state index is -3.43. The highest BCUT2D eigenvalue weighted by atomic mass is 32.2. The molecule has 1 rings (SSSR count). The van der Waals surface area contributed by atoms with Crippen molar-refractivity contribution >= 4 is 16.1 Å². The van der Waals surface area contributed by atoms with Gasteiger partial charge in [-0.1, -0.05) is 12.1 Å². The van der Waals surface area contributed by atoms with Gasteiger partial charge in [0.25, 0.3) is 10.1 Å². The van der Waals surface area contributed by atoms with E-state index in [0.717, 1.165) is 11.8 Å². The van der Waals surface area contributed by atoms with E-state index in [1.54, 1.807) is 6.92 Å². The van der Waals surface area contributed by atoms with Crippen LogP contribution in [0.1, 0.15) is 25.3 Å². The molecular weight excluding hydrogens is 308 g/mol. The molecule has 0 aliphatic heterocycles. The van der Waals surface area contributed by atoms with E-state index in [4.69, 9.17) is 8.92 Å². The third kappa shape index (κ3) is 7.99. The Kier molecular flexibility index (Phi) is 7.34. The summed E-state index contributed by atoms with van der Waals surface area (Å²) in [6.45, 7) is 2.04. The number of carbonyl (C=O) groups excluding carboxylic acids is 1. The topological polar surface area (TPSA) is 78.9 Å². The normalized spacial score (nSPS) is 12.7. The van der Waals surface area contributed by atoms with E-state index in [0.29, 0.717) is 31.6 Å². The van der Waals surface area contributed by atoms with Crippen molar-refractivity contribution in [1.82, 2.24) is 0 Å². The Morgan fingerprint density at radius 3 is 2.41 bits per heavy atom. The summed E-state index contributed by atoms with van der Waals surface area (Å²) in [6.07, 6.45) is 2.03. The fourth-order valence-corrected chi connectivity index (χ4v) is 2.48. The first-order valence-electron chi connectivity index (χ1n) is 6.97. The van der Waals surface area contributed by atoms with E-state index in [1.165, 1.54) is 7.11 Å². The number of aryl methyl sites for hydroxylation is 1. The molecule has 0 aliphatic rings. The molecule has 1 aromatic carbocycles. The Bertz CT molecular complexity index is 564. The second kappa shape index (κ2) is 8.75. The quantitative estimate of drug-likeness (QED) is 0.508. The molecule has 1 atom stereocenters. The van der Waals surface area contributed by atoms with Gasteiger partial charge in [0.05, 0.1) is 26.1 Å². The SMILES string of the molecule is COC(=O)CCc1ccc(OCCC(C)OS(C)(=O)=O)cc1. The van der Waals surface area contributed by atoms with Gasteiger partial charge >= 0.3 is 5.97 Å². The summed E-state index contributed by atoms with van der Waals surface area (Å²) in [5.41, 5.74) is 1.02. The van der Waals surface area contributed by atoms with Gasteiger partial charge < -0.3 is 9.47 Å². The lowest BCUT2D eigenvalue weighted by molar-refractivity contribution is -0.140. The van der Waals surface area contributed by atoms with Crippen LogP contribution in [0.25, 0.3) is 0 Å². The zero-order chi connectivity index (χ0) is 16.6. The van der Waals surface area contributed by atoms with Crippen LogP contribution in [0.15, 0.2) is 24.3 Å². The van der Waals surface area contributed by atoms with Gasteiger partial charge in [0, 0.05) is 12.8 Å². The third-order valence-corrected chi connectivity index (χ3v) is 3.58. The molecule has 0 heterocycles. The molecule has 6 nitrogen and oxygen atoms in total. The monoisotopic (exact) mass is 330 g/mol. The number of carbonyl (C=O) groups is 1. The van der Waals surface area contributed by atoms with Crippen molar-refractivity contribution in [2.75, 3.05) is 20.0 Å². The highest BCUT2D eigenvalue weighted by Gasteiger charge is 2.10. The summed E-state index contributed by atoms with van der Waals surface area (Å²) >= 11 is 0. The summed E-state index contributed by atoms with van der Waals surface area (Å²) in [5.74, 6) is 0.452. The minimum absolute atomic E-state index is 0.236. The standard InChI is InChI=1S/C15H22O6S/c1-12(21-22(3,17)18)10-11-20-14-7-4-13(5-8-14)6-9-15(16)19-2/h4-5,7-8,12H,6,9-11H2,1-3H3. The molecule has 0 saturated heterocycles. The maximum Gasteiger partial charge on any atom is 0.305 e. The number of hydrogen-bond donors (Lipinski definition) is 0. The molecule has 0 N–H and O–H groups in total. The van der Waals surface area contributed by atoms with Gasteiger partial charge in [-0.25, -0.2) is 0 Å². The van der Waals surface area contributed by atoms with Crippen molar-refractivity contribution in [3.63, 3.8) is 0 Å². The number of esters is 1. The van der Waals surface area contributed by atoms with Crippen LogP contribution in [0.4, 0.5) is 0 Å². The lowest BCUT2D eigenvalue weighted by Crippen LogP contribution is -2.16. The fourth-order valence-electron chi connectivity index (χ4n) is 1.79. The molecule has 0 bridgehead atoms. The zero-order valence-electron chi connectivity index (χ0n) is 13.1. The number of ether oxygens (including phenoxy) is 2. The van der Waals surface area contributed by atoms with Gasteiger partial charge in [-0.15, -0.1) is 0 Å². The van der Waals surface area contributed by atoms with Crippen LogP contribution >= 0.6 is 0 Å². The number of hydrogen-bond acceptors (Lipinski definition) is 6. The van der Waals surface area contributed by atoms with Gasteiger partial charge in [-0.05, 0) is 31.0 Å². The molecule has 0 spiro atoms. The fraction of sp³-hybridized carbons (Fsp3) is 0.533. The molecule has 22 heavy (non-hydrogen) atoms. The van der Waals surface area contributed by atoms with Crippen LogP contribution in [0, 0.1) is 0 Å². The van der Waals surface area contributed by atoms with Crippen molar-refractivity contribution < 1.29 is 26.9 Å². The predicted molar refractivity (Wildman–Crippen MR) is 82.3 cm³/mol. The highest BCUT2D eigenvalue weighted by Crippen LogP contribution is 2.14. The summed E-state index contributed by atoms with van der Waals surface area (Å²) in [4.78, 5) is 11.1. The number of benzene rings is 1. The van der Waals surface area contributed by atoms with Crippen molar-refractivity contribution in [3.8, 4) is 5.75 Å².